The van der Waals surface area contributed by atoms with Crippen LogP contribution in [0.1, 0.15) is 83.3 Å². The van der Waals surface area contributed by atoms with Crippen LogP contribution >= 0.6 is 0 Å². The fourth-order valence-corrected chi connectivity index (χ4v) is 16.6. The molecule has 0 aromatic heterocycles. The third-order valence-corrected chi connectivity index (χ3v) is 21.8. The highest BCUT2D eigenvalue weighted by atomic mass is 15.2. The van der Waals surface area contributed by atoms with Gasteiger partial charge in [-0.1, -0.05) is 222 Å². The lowest BCUT2D eigenvalue weighted by Gasteiger charge is -2.31. The zero-order chi connectivity index (χ0) is 65.5. The van der Waals surface area contributed by atoms with E-state index in [1.54, 1.807) is 0 Å². The van der Waals surface area contributed by atoms with Crippen molar-refractivity contribution in [3.8, 4) is 66.8 Å². The third-order valence-electron chi connectivity index (χ3n) is 21.8. The van der Waals surface area contributed by atoms with Crippen LogP contribution in [0.4, 0.5) is 34.1 Å². The van der Waals surface area contributed by atoms with Gasteiger partial charge in [0.1, 0.15) is 0 Å². The average Bonchev–Trinajstić information content (AvgIpc) is 0.917. The highest BCUT2D eigenvalue weighted by Crippen LogP contribution is 2.54. The Morgan fingerprint density at radius 3 is 1.08 bits per heavy atom. The van der Waals surface area contributed by atoms with Crippen LogP contribution in [0.25, 0.3) is 110 Å². The highest BCUT2D eigenvalue weighted by Gasteiger charge is 2.37. The molecule has 2 heteroatoms. The summed E-state index contributed by atoms with van der Waals surface area (Å²) in [6, 6.07) is 106. The number of fused-ring (bicyclic) bond motifs is 10. The average molecular weight is 1230 g/mol. The number of anilines is 6. The minimum absolute atomic E-state index is 0.0889. The molecular formula is C94H76N2. The predicted octanol–water partition coefficient (Wildman–Crippen LogP) is 26.4. The molecule has 0 bridgehead atoms. The molecule has 0 spiro atoms. The normalized spacial score (nSPS) is 13.3. The van der Waals surface area contributed by atoms with E-state index in [1.807, 2.05) is 0 Å². The van der Waals surface area contributed by atoms with Gasteiger partial charge in [0.25, 0.3) is 0 Å². The van der Waals surface area contributed by atoms with Crippen LogP contribution in [0.15, 0.2) is 279 Å². The lowest BCUT2D eigenvalue weighted by atomic mass is 9.81. The summed E-state index contributed by atoms with van der Waals surface area (Å²) < 4.78 is 0. The van der Waals surface area contributed by atoms with Crippen LogP contribution in [0.3, 0.4) is 0 Å². The van der Waals surface area contributed by atoms with Gasteiger partial charge in [-0.2, -0.15) is 0 Å². The lowest BCUT2D eigenvalue weighted by Crippen LogP contribution is -2.15. The second-order valence-corrected chi connectivity index (χ2v) is 28.4. The Morgan fingerprint density at radius 1 is 0.240 bits per heavy atom. The second-order valence-electron chi connectivity index (χ2n) is 28.4. The van der Waals surface area contributed by atoms with Gasteiger partial charge < -0.3 is 9.80 Å². The first-order chi connectivity index (χ1) is 46.5. The summed E-state index contributed by atoms with van der Waals surface area (Å²) in [5.41, 5.74) is 34.6. The number of rotatable bonds is 10. The number of aryl methyl sites for hydroxylation is 4. The molecule has 0 fully saturated rings. The topological polar surface area (TPSA) is 6.48 Å². The molecule has 0 radical (unpaired) electrons. The lowest BCUT2D eigenvalue weighted by molar-refractivity contribution is 0.660. The molecule has 15 aromatic rings. The van der Waals surface area contributed by atoms with Gasteiger partial charge in [0.2, 0.25) is 0 Å². The molecule has 0 saturated carbocycles. The Kier molecular flexibility index (Phi) is 13.6. The van der Waals surface area contributed by atoms with E-state index in [1.165, 1.54) is 171 Å². The molecule has 17 rings (SSSR count). The molecule has 0 heterocycles. The molecule has 96 heavy (non-hydrogen) atoms. The summed E-state index contributed by atoms with van der Waals surface area (Å²) in [4.78, 5) is 5.02. The third kappa shape index (κ3) is 9.44. The second kappa shape index (κ2) is 22.3. The molecule has 0 amide bonds. The van der Waals surface area contributed by atoms with Crippen molar-refractivity contribution in [1.82, 2.24) is 0 Å². The van der Waals surface area contributed by atoms with Crippen LogP contribution in [0, 0.1) is 41.5 Å². The fourth-order valence-electron chi connectivity index (χ4n) is 16.6. The molecule has 0 saturated heterocycles. The summed E-state index contributed by atoms with van der Waals surface area (Å²) in [5.74, 6) is 0. The molecular weight excluding hydrogens is 1160 g/mol. The van der Waals surface area contributed by atoms with Gasteiger partial charge in [-0.15, -0.1) is 0 Å². The Hall–Kier alpha value is -11.1. The van der Waals surface area contributed by atoms with Crippen molar-refractivity contribution in [3.05, 3.63) is 335 Å². The number of hydrogen-bond donors (Lipinski definition) is 0. The number of benzene rings is 15. The standard InChI is InChI=1S/C94H76N2/c1-57-47-58(2)49-77(48-57)95(73-37-31-65(32-38-73)69-35-43-80-78-23-15-17-25-86(78)93(7,8)88(80)53-69)75-41-45-82-84(55-75)90(71-29-27-63-19-11-13-21-67(63)51-71)83-46-42-76(56-85(83)91(82)72-30-28-64-20-12-14-22-68(64)52-72)96(92-61(5)59(3)50-60(4)62(92)6)74-39-33-66(34-40-74)70-36-44-81-79-24-16-18-26-87(79)94(9,10)89(81)54-70/h11-56H,1-10H3. The molecule has 0 atom stereocenters. The van der Waals surface area contributed by atoms with Gasteiger partial charge >= 0.3 is 0 Å². The Labute approximate surface area is 565 Å². The van der Waals surface area contributed by atoms with Crippen molar-refractivity contribution in [1.29, 1.82) is 0 Å². The molecule has 2 nitrogen and oxygen atoms in total. The molecule has 462 valence electrons. The van der Waals surface area contributed by atoms with Crippen molar-refractivity contribution >= 4 is 77.2 Å². The van der Waals surface area contributed by atoms with Crippen molar-refractivity contribution in [2.24, 2.45) is 0 Å². The zero-order valence-electron chi connectivity index (χ0n) is 56.5. The summed E-state index contributed by atoms with van der Waals surface area (Å²) in [7, 11) is 0. The van der Waals surface area contributed by atoms with Crippen LogP contribution in [-0.2, 0) is 10.8 Å². The zero-order valence-corrected chi connectivity index (χ0v) is 56.5. The molecule has 0 unspecified atom stereocenters. The van der Waals surface area contributed by atoms with E-state index in [9.17, 15) is 0 Å². The van der Waals surface area contributed by atoms with Crippen LogP contribution in [0.2, 0.25) is 0 Å². The van der Waals surface area contributed by atoms with Crippen LogP contribution in [-0.4, -0.2) is 0 Å². The Morgan fingerprint density at radius 2 is 0.615 bits per heavy atom. The summed E-state index contributed by atoms with van der Waals surface area (Å²) in [6.45, 7) is 23.0. The maximum Gasteiger partial charge on any atom is 0.0525 e. The fraction of sp³-hybridized carbons (Fsp3) is 0.128. The first-order valence-electron chi connectivity index (χ1n) is 34.0. The highest BCUT2D eigenvalue weighted by molar-refractivity contribution is 6.23. The molecule has 2 aliphatic carbocycles. The van der Waals surface area contributed by atoms with Crippen LogP contribution in [0.5, 0.6) is 0 Å². The predicted molar refractivity (Wildman–Crippen MR) is 411 cm³/mol. The van der Waals surface area contributed by atoms with Crippen molar-refractivity contribution < 1.29 is 0 Å². The van der Waals surface area contributed by atoms with Gasteiger partial charge in [0.15, 0.2) is 0 Å². The van der Waals surface area contributed by atoms with Crippen LogP contribution < -0.4 is 9.80 Å². The van der Waals surface area contributed by atoms with Gasteiger partial charge in [-0.25, -0.2) is 0 Å². The van der Waals surface area contributed by atoms with E-state index in [0.717, 1.165) is 28.4 Å². The van der Waals surface area contributed by atoms with E-state index >= 15 is 0 Å². The summed E-state index contributed by atoms with van der Waals surface area (Å²) >= 11 is 0. The largest absolute Gasteiger partial charge is 0.310 e. The quantitative estimate of drug-likeness (QED) is 0.126. The maximum absolute atomic E-state index is 2.54. The maximum atomic E-state index is 2.54. The first kappa shape index (κ1) is 58.7. The summed E-state index contributed by atoms with van der Waals surface area (Å²) in [5, 5.41) is 9.61. The Balaban J connectivity index is 0.879. The summed E-state index contributed by atoms with van der Waals surface area (Å²) in [6.07, 6.45) is 0. The van der Waals surface area contributed by atoms with Crippen molar-refractivity contribution in [3.63, 3.8) is 0 Å². The Bertz CT molecular complexity index is 5670. The van der Waals surface area contributed by atoms with E-state index < -0.39 is 0 Å². The SMILES string of the molecule is Cc1cc(C)cc(N(c2ccc(-c3ccc4c(c3)C(C)(C)c3ccccc3-4)cc2)c2ccc3c(-c4ccc5ccccc5c4)c4cc(N(c5ccc(-c6ccc7c(c6)C(C)(C)c6ccccc6-7)cc5)c5c(C)c(C)cc(C)c5C)ccc4c(-c4ccc5ccccc5c4)c3c2)c1. The first-order valence-corrected chi connectivity index (χ1v) is 34.0. The molecule has 0 N–H and O–H groups in total. The van der Waals surface area contributed by atoms with E-state index in [2.05, 4.69) is 358 Å². The molecule has 2 aliphatic rings. The van der Waals surface area contributed by atoms with E-state index in [4.69, 9.17) is 0 Å². The minimum atomic E-state index is -0.0920. The number of nitrogens with zero attached hydrogens (tertiary/aromatic N) is 2. The van der Waals surface area contributed by atoms with E-state index in [0.29, 0.717) is 0 Å². The number of hydrogen-bond acceptors (Lipinski definition) is 2. The van der Waals surface area contributed by atoms with Gasteiger partial charge in [0, 0.05) is 39.3 Å². The smallest absolute Gasteiger partial charge is 0.0525 e. The van der Waals surface area contributed by atoms with E-state index in [-0.39, 0.29) is 10.8 Å². The minimum Gasteiger partial charge on any atom is -0.310 e. The molecule has 15 aromatic carbocycles. The van der Waals surface area contributed by atoms with Gasteiger partial charge in [-0.3, -0.25) is 0 Å². The van der Waals surface area contributed by atoms with Crippen molar-refractivity contribution in [2.75, 3.05) is 9.80 Å². The van der Waals surface area contributed by atoms with Crippen molar-refractivity contribution in [2.45, 2.75) is 80.1 Å². The van der Waals surface area contributed by atoms with Gasteiger partial charge in [-0.05, 0) is 292 Å². The molecule has 0 aliphatic heterocycles. The monoisotopic (exact) mass is 1230 g/mol. The van der Waals surface area contributed by atoms with Gasteiger partial charge in [0.05, 0.1) is 5.69 Å².